The van der Waals surface area contributed by atoms with Crippen LogP contribution in [-0.4, -0.2) is 8.76 Å². The van der Waals surface area contributed by atoms with Crippen LogP contribution in [0.25, 0.3) is 0 Å². The minimum atomic E-state index is -5.83. The summed E-state index contributed by atoms with van der Waals surface area (Å²) in [5, 5.41) is 0. The van der Waals surface area contributed by atoms with E-state index in [-0.39, 0.29) is 0 Å². The van der Waals surface area contributed by atoms with Gasteiger partial charge in [-0.05, 0) is 0 Å². The maximum atomic E-state index is 10.9. The molecular formula is F2O4PS-. The molecule has 0 spiro atoms. The van der Waals surface area contributed by atoms with Crippen LogP contribution >= 0.6 is 7.99 Å². The molecule has 0 amide bonds. The topological polar surface area (TPSA) is 66.4 Å². The average molecular weight is 165 g/mol. The van der Waals surface area contributed by atoms with Crippen LogP contribution in [0.15, 0.2) is 0 Å². The number of hydrogen-bond donors (Lipinski definition) is 0. The van der Waals surface area contributed by atoms with Gasteiger partial charge in [0.05, 0.1) is 11.4 Å². The quantitative estimate of drug-likeness (QED) is 0.449. The molecule has 0 saturated carbocycles. The van der Waals surface area contributed by atoms with Crippen molar-refractivity contribution in [3.8, 4) is 0 Å². The van der Waals surface area contributed by atoms with Crippen LogP contribution in [0.4, 0.5) is 8.39 Å². The second-order valence-corrected chi connectivity index (χ2v) is 2.53. The van der Waals surface area contributed by atoms with Crippen molar-refractivity contribution in [1.29, 1.82) is 0 Å². The molecule has 0 fully saturated rings. The second-order valence-electron chi connectivity index (χ2n) is 0.693. The van der Waals surface area contributed by atoms with Gasteiger partial charge in [0.25, 0.3) is 0 Å². The third-order valence-corrected chi connectivity index (χ3v) is 1.33. The molecule has 0 heterocycles. The fourth-order valence-corrected chi connectivity index (χ4v) is 0.638. The molecule has 50 valence electrons. The zero-order chi connectivity index (χ0) is 6.78. The summed E-state index contributed by atoms with van der Waals surface area (Å²) in [6.45, 7) is 0. The first-order chi connectivity index (χ1) is 3.42. The van der Waals surface area contributed by atoms with E-state index in [4.69, 9.17) is 13.3 Å². The smallest absolute Gasteiger partial charge is 0.564 e. The van der Waals surface area contributed by atoms with Crippen molar-refractivity contribution in [2.75, 3.05) is 0 Å². The summed E-state index contributed by atoms with van der Waals surface area (Å²) in [5.41, 5.74) is 0. The zero-order valence-corrected chi connectivity index (χ0v) is 4.96. The van der Waals surface area contributed by atoms with Crippen LogP contribution < -0.4 is 0 Å². The van der Waals surface area contributed by atoms with Gasteiger partial charge in [-0.25, -0.2) is 8.77 Å². The maximum Gasteiger partial charge on any atom is 0.564 e. The van der Waals surface area contributed by atoms with E-state index in [0.29, 0.717) is 0 Å². The van der Waals surface area contributed by atoms with Gasteiger partial charge in [-0.15, -0.1) is 8.39 Å². The molecule has 1 unspecified atom stereocenters. The molecule has 8 heteroatoms. The Balaban J connectivity index is 3.74. The Morgan fingerprint density at radius 1 is 1.62 bits per heavy atom. The lowest BCUT2D eigenvalue weighted by molar-refractivity contribution is 0.366. The van der Waals surface area contributed by atoms with Crippen molar-refractivity contribution in [2.45, 2.75) is 0 Å². The number of hydrogen-bond acceptors (Lipinski definition) is 4. The predicted octanol–water partition coefficient (Wildman–Crippen LogP) is 0.844. The van der Waals surface area contributed by atoms with Crippen LogP contribution in [0.3, 0.4) is 0 Å². The SMILES string of the molecule is O=S([O-])OP(=O)(F)F. The average Bonchev–Trinajstić information content (AvgIpc) is 1.21. The van der Waals surface area contributed by atoms with Crippen molar-refractivity contribution < 1.29 is 25.7 Å². The molecule has 0 aliphatic carbocycles. The fourth-order valence-electron chi connectivity index (χ4n) is 0.0708. The van der Waals surface area contributed by atoms with Crippen LogP contribution in [0.1, 0.15) is 0 Å². The molecular weight excluding hydrogens is 165 g/mol. The lowest BCUT2D eigenvalue weighted by atomic mass is 15.8. The highest BCUT2D eigenvalue weighted by atomic mass is 32.2. The largest absolute Gasteiger partial charge is 0.749 e. The van der Waals surface area contributed by atoms with Gasteiger partial charge in [0.15, 0.2) is 0 Å². The van der Waals surface area contributed by atoms with Crippen LogP contribution in [-0.2, 0) is 19.9 Å². The Morgan fingerprint density at radius 2 is 2.00 bits per heavy atom. The van der Waals surface area contributed by atoms with Gasteiger partial charge in [0, 0.05) is 0 Å². The first-order valence-corrected chi connectivity index (χ1v) is 3.61. The van der Waals surface area contributed by atoms with E-state index in [1.54, 1.807) is 0 Å². The summed E-state index contributed by atoms with van der Waals surface area (Å²) >= 11 is -3.40. The molecule has 4 nitrogen and oxygen atoms in total. The fraction of sp³-hybridized carbons (Fsp3) is 0. The Labute approximate surface area is 46.0 Å². The molecule has 8 heavy (non-hydrogen) atoms. The Hall–Kier alpha value is 0.160. The molecule has 0 radical (unpaired) electrons. The summed E-state index contributed by atoms with van der Waals surface area (Å²) in [6.07, 6.45) is 0. The highest BCUT2D eigenvalue weighted by Gasteiger charge is 2.20. The van der Waals surface area contributed by atoms with Crippen LogP contribution in [0.2, 0.25) is 0 Å². The summed E-state index contributed by atoms with van der Waals surface area (Å²) in [7, 11) is -5.83. The van der Waals surface area contributed by atoms with E-state index in [1.165, 1.54) is 0 Å². The number of rotatable bonds is 2. The molecule has 0 saturated heterocycles. The zero-order valence-electron chi connectivity index (χ0n) is 3.24. The highest BCUT2D eigenvalue weighted by Crippen LogP contribution is 2.50. The summed E-state index contributed by atoms with van der Waals surface area (Å²) in [5.74, 6) is 0. The first-order valence-electron chi connectivity index (χ1n) is 1.20. The van der Waals surface area contributed by atoms with E-state index < -0.39 is 19.4 Å². The normalized spacial score (nSPS) is 15.9. The minimum absolute atomic E-state index is 2.58. The van der Waals surface area contributed by atoms with Crippen molar-refractivity contribution >= 4 is 19.4 Å². The van der Waals surface area contributed by atoms with Gasteiger partial charge in [-0.1, -0.05) is 0 Å². The molecule has 0 rings (SSSR count). The van der Waals surface area contributed by atoms with Gasteiger partial charge in [0.1, 0.15) is 0 Å². The third kappa shape index (κ3) is 6.16. The van der Waals surface area contributed by atoms with E-state index >= 15 is 0 Å². The minimum Gasteiger partial charge on any atom is -0.749 e. The van der Waals surface area contributed by atoms with Gasteiger partial charge in [0.2, 0.25) is 0 Å². The van der Waals surface area contributed by atoms with E-state index in [9.17, 15) is 8.39 Å². The van der Waals surface area contributed by atoms with Crippen molar-refractivity contribution in [1.82, 2.24) is 0 Å². The summed E-state index contributed by atoms with van der Waals surface area (Å²) < 4.78 is 51.8. The van der Waals surface area contributed by atoms with Gasteiger partial charge < -0.3 is 4.55 Å². The summed E-state index contributed by atoms with van der Waals surface area (Å²) in [6, 6.07) is 0. The Morgan fingerprint density at radius 3 is 2.00 bits per heavy atom. The monoisotopic (exact) mass is 165 g/mol. The Kier molecular flexibility index (Phi) is 2.68. The van der Waals surface area contributed by atoms with E-state index in [1.807, 2.05) is 0 Å². The maximum absolute atomic E-state index is 10.9. The molecule has 1 atom stereocenters. The van der Waals surface area contributed by atoms with E-state index in [2.05, 4.69) is 3.97 Å². The first kappa shape index (κ1) is 8.16. The van der Waals surface area contributed by atoms with Gasteiger partial charge in [-0.2, -0.15) is 3.97 Å². The van der Waals surface area contributed by atoms with Crippen LogP contribution in [0.5, 0.6) is 0 Å². The lowest BCUT2D eigenvalue weighted by Gasteiger charge is -2.00. The molecule has 0 aromatic rings. The molecule has 0 aromatic heterocycles. The van der Waals surface area contributed by atoms with Crippen molar-refractivity contribution in [2.24, 2.45) is 0 Å². The number of halogens is 2. The Bertz CT molecular complexity index is 137. The van der Waals surface area contributed by atoms with Gasteiger partial charge in [-0.3, -0.25) is 0 Å². The van der Waals surface area contributed by atoms with E-state index in [0.717, 1.165) is 0 Å². The molecule has 0 aliphatic heterocycles. The van der Waals surface area contributed by atoms with Crippen molar-refractivity contribution in [3.05, 3.63) is 0 Å². The molecule has 0 bridgehead atoms. The molecule has 0 aliphatic rings. The van der Waals surface area contributed by atoms with Crippen LogP contribution in [0, 0.1) is 0 Å². The van der Waals surface area contributed by atoms with Crippen molar-refractivity contribution in [3.63, 3.8) is 0 Å². The molecule has 0 aromatic carbocycles. The predicted molar refractivity (Wildman–Crippen MR) is 19.8 cm³/mol. The highest BCUT2D eigenvalue weighted by molar-refractivity contribution is 7.79. The third-order valence-electron chi connectivity index (χ3n) is 0.148. The summed E-state index contributed by atoms with van der Waals surface area (Å²) in [4.78, 5) is 0. The molecule has 0 N–H and O–H groups in total. The lowest BCUT2D eigenvalue weighted by Crippen LogP contribution is -1.86. The standard InChI is InChI=1S/F2HO4PS/c1-7(2,3)6-8(4)5/h(H,4,5)/p-1. The second kappa shape index (κ2) is 2.63. The van der Waals surface area contributed by atoms with Gasteiger partial charge >= 0.3 is 7.99 Å².